The number of rotatable bonds is 6. The number of aliphatic hydroxyl groups is 1. The average Bonchev–Trinajstić information content (AvgIpc) is 2.47. The Hall–Kier alpha value is -2.08. The molecule has 1 atom stereocenters. The molecule has 0 saturated heterocycles. The van der Waals surface area contributed by atoms with E-state index in [2.05, 4.69) is 10.6 Å². The van der Waals surface area contributed by atoms with E-state index in [9.17, 15) is 14.7 Å². The number of nitrogens with zero attached hydrogens (tertiary/aromatic N) is 1. The fourth-order valence-corrected chi connectivity index (χ4v) is 1.69. The first-order valence-corrected chi connectivity index (χ1v) is 6.56. The summed E-state index contributed by atoms with van der Waals surface area (Å²) >= 11 is 0. The van der Waals surface area contributed by atoms with Gasteiger partial charge in [-0.15, -0.1) is 0 Å². The van der Waals surface area contributed by atoms with Crippen molar-refractivity contribution in [2.24, 2.45) is 0 Å². The monoisotopic (exact) mass is 279 g/mol. The smallest absolute Gasteiger partial charge is 0.321 e. The Morgan fingerprint density at radius 3 is 2.50 bits per heavy atom. The van der Waals surface area contributed by atoms with Crippen LogP contribution in [0.3, 0.4) is 0 Å². The van der Waals surface area contributed by atoms with Gasteiger partial charge in [0.05, 0.1) is 12.6 Å². The molecule has 110 valence electrons. The van der Waals surface area contributed by atoms with Gasteiger partial charge in [-0.2, -0.15) is 0 Å². The van der Waals surface area contributed by atoms with Gasteiger partial charge in [0.1, 0.15) is 0 Å². The van der Waals surface area contributed by atoms with E-state index < -0.39 is 18.0 Å². The number of hydrogen-bond acceptors (Lipinski definition) is 4. The van der Waals surface area contributed by atoms with E-state index in [4.69, 9.17) is 0 Å². The molecule has 20 heavy (non-hydrogen) atoms. The molecule has 0 spiro atoms. The first-order chi connectivity index (χ1) is 9.56. The van der Waals surface area contributed by atoms with Crippen molar-refractivity contribution in [2.75, 3.05) is 25.0 Å². The molecule has 1 rings (SSSR count). The summed E-state index contributed by atoms with van der Waals surface area (Å²) in [4.78, 5) is 24.6. The normalized spacial score (nSPS) is 11.6. The molecular weight excluding hydrogens is 258 g/mol. The fourth-order valence-electron chi connectivity index (χ4n) is 1.69. The average molecular weight is 279 g/mol. The first kappa shape index (κ1) is 16.0. The van der Waals surface area contributed by atoms with Crippen LogP contribution in [0, 0.1) is 0 Å². The highest BCUT2D eigenvalue weighted by Gasteiger charge is 2.16. The Bertz CT molecular complexity index is 437. The van der Waals surface area contributed by atoms with Gasteiger partial charge in [0.2, 0.25) is 5.91 Å². The topological polar surface area (TPSA) is 81.7 Å². The summed E-state index contributed by atoms with van der Waals surface area (Å²) in [6.07, 6.45) is 0.0726. The maximum atomic E-state index is 11.8. The lowest BCUT2D eigenvalue weighted by atomic mass is 10.2. The minimum absolute atomic E-state index is 0.00843. The van der Waals surface area contributed by atoms with Gasteiger partial charge in [-0.1, -0.05) is 25.1 Å². The standard InChI is InChI=1S/C14H21N3O3/c1-3-12(18)9-17(11-7-5-4-6-8-11)10-13(19)16-14(20)15-2/h4-8,12,18H,3,9-10H2,1-2H3,(H2,15,16,19,20)/t12-/m0/s1. The van der Waals surface area contributed by atoms with E-state index in [1.165, 1.54) is 7.05 Å². The van der Waals surface area contributed by atoms with Crippen molar-refractivity contribution in [2.45, 2.75) is 19.4 Å². The van der Waals surface area contributed by atoms with Crippen LogP contribution in [-0.4, -0.2) is 43.3 Å². The molecule has 0 bridgehead atoms. The Labute approximate surface area is 118 Å². The van der Waals surface area contributed by atoms with Crippen molar-refractivity contribution in [1.29, 1.82) is 0 Å². The first-order valence-electron chi connectivity index (χ1n) is 6.56. The van der Waals surface area contributed by atoms with Crippen LogP contribution in [0.5, 0.6) is 0 Å². The second-order valence-corrected chi connectivity index (χ2v) is 4.41. The van der Waals surface area contributed by atoms with Gasteiger partial charge in [-0.25, -0.2) is 4.79 Å². The number of amides is 3. The lowest BCUT2D eigenvalue weighted by Crippen LogP contribution is -2.45. The number of imide groups is 1. The minimum atomic E-state index is -0.543. The summed E-state index contributed by atoms with van der Waals surface area (Å²) in [6.45, 7) is 2.22. The summed E-state index contributed by atoms with van der Waals surface area (Å²) in [6, 6.07) is 8.77. The molecule has 6 nitrogen and oxygen atoms in total. The molecule has 0 aromatic heterocycles. The third kappa shape index (κ3) is 5.27. The number of hydrogen-bond donors (Lipinski definition) is 3. The van der Waals surface area contributed by atoms with Crippen LogP contribution in [0.15, 0.2) is 30.3 Å². The second kappa shape index (κ2) is 8.16. The van der Waals surface area contributed by atoms with Crippen molar-refractivity contribution in [3.05, 3.63) is 30.3 Å². The molecule has 0 saturated carbocycles. The predicted octanol–water partition coefficient (Wildman–Crippen LogP) is 0.719. The van der Waals surface area contributed by atoms with Gasteiger partial charge in [-0.05, 0) is 18.6 Å². The van der Waals surface area contributed by atoms with Crippen molar-refractivity contribution in [1.82, 2.24) is 10.6 Å². The Morgan fingerprint density at radius 1 is 1.30 bits per heavy atom. The van der Waals surface area contributed by atoms with Crippen molar-refractivity contribution in [3.63, 3.8) is 0 Å². The number of aliphatic hydroxyl groups excluding tert-OH is 1. The SMILES string of the molecule is CC[C@H](O)CN(CC(=O)NC(=O)NC)c1ccccc1. The molecule has 0 heterocycles. The summed E-state index contributed by atoms with van der Waals surface area (Å²) in [7, 11) is 1.44. The molecule has 0 aliphatic rings. The maximum Gasteiger partial charge on any atom is 0.321 e. The highest BCUT2D eigenvalue weighted by atomic mass is 16.3. The summed E-state index contributed by atoms with van der Waals surface area (Å²) in [5.74, 6) is -0.420. The molecule has 3 N–H and O–H groups in total. The number of para-hydroxylation sites is 1. The van der Waals surface area contributed by atoms with E-state index in [1.54, 1.807) is 4.90 Å². The van der Waals surface area contributed by atoms with E-state index >= 15 is 0 Å². The zero-order chi connectivity index (χ0) is 15.0. The van der Waals surface area contributed by atoms with Crippen LogP contribution < -0.4 is 15.5 Å². The zero-order valence-corrected chi connectivity index (χ0v) is 11.8. The lowest BCUT2D eigenvalue weighted by molar-refractivity contribution is -0.118. The molecule has 0 fully saturated rings. The highest BCUT2D eigenvalue weighted by molar-refractivity contribution is 5.96. The van der Waals surface area contributed by atoms with Crippen molar-refractivity contribution in [3.8, 4) is 0 Å². The van der Waals surface area contributed by atoms with E-state index in [-0.39, 0.29) is 6.54 Å². The summed E-state index contributed by atoms with van der Waals surface area (Å²) < 4.78 is 0. The van der Waals surface area contributed by atoms with Gasteiger partial charge in [0.25, 0.3) is 0 Å². The van der Waals surface area contributed by atoms with Crippen molar-refractivity contribution >= 4 is 17.6 Å². The van der Waals surface area contributed by atoms with Gasteiger partial charge < -0.3 is 15.3 Å². The van der Waals surface area contributed by atoms with Crippen LogP contribution in [-0.2, 0) is 4.79 Å². The molecule has 6 heteroatoms. The van der Waals surface area contributed by atoms with Crippen LogP contribution in [0.4, 0.5) is 10.5 Å². The number of anilines is 1. The van der Waals surface area contributed by atoms with Gasteiger partial charge >= 0.3 is 6.03 Å². The van der Waals surface area contributed by atoms with Crippen LogP contribution in [0.1, 0.15) is 13.3 Å². The molecular formula is C14H21N3O3. The summed E-state index contributed by atoms with van der Waals surface area (Å²) in [5.41, 5.74) is 0.826. The number of urea groups is 1. The molecule has 3 amide bonds. The number of nitrogens with one attached hydrogen (secondary N) is 2. The quantitative estimate of drug-likeness (QED) is 0.716. The largest absolute Gasteiger partial charge is 0.391 e. The Morgan fingerprint density at radius 2 is 1.95 bits per heavy atom. The van der Waals surface area contributed by atoms with Crippen LogP contribution in [0.2, 0.25) is 0 Å². The number of carbonyl (C=O) groups is 2. The maximum absolute atomic E-state index is 11.8. The van der Waals surface area contributed by atoms with Gasteiger partial charge in [-0.3, -0.25) is 10.1 Å². The lowest BCUT2D eigenvalue weighted by Gasteiger charge is -2.26. The predicted molar refractivity (Wildman–Crippen MR) is 77.6 cm³/mol. The number of carbonyl (C=O) groups excluding carboxylic acids is 2. The molecule has 0 unspecified atom stereocenters. The van der Waals surface area contributed by atoms with Gasteiger partial charge in [0, 0.05) is 19.3 Å². The third-order valence-corrected chi connectivity index (χ3v) is 2.84. The fraction of sp³-hybridized carbons (Fsp3) is 0.429. The van der Waals surface area contributed by atoms with E-state index in [0.717, 1.165) is 5.69 Å². The molecule has 0 aliphatic heterocycles. The highest BCUT2D eigenvalue weighted by Crippen LogP contribution is 2.13. The molecule has 1 aromatic carbocycles. The van der Waals surface area contributed by atoms with Gasteiger partial charge in [0.15, 0.2) is 0 Å². The van der Waals surface area contributed by atoms with Crippen molar-refractivity contribution < 1.29 is 14.7 Å². The molecule has 1 aromatic rings. The van der Waals surface area contributed by atoms with Crippen LogP contribution in [0.25, 0.3) is 0 Å². The Balaban J connectivity index is 2.73. The minimum Gasteiger partial charge on any atom is -0.391 e. The number of benzene rings is 1. The third-order valence-electron chi connectivity index (χ3n) is 2.84. The van der Waals surface area contributed by atoms with Crippen LogP contribution >= 0.6 is 0 Å². The van der Waals surface area contributed by atoms with E-state index in [0.29, 0.717) is 13.0 Å². The second-order valence-electron chi connectivity index (χ2n) is 4.41. The zero-order valence-electron chi connectivity index (χ0n) is 11.8. The Kier molecular flexibility index (Phi) is 6.52. The summed E-state index contributed by atoms with van der Waals surface area (Å²) in [5, 5.41) is 14.3. The van der Waals surface area contributed by atoms with E-state index in [1.807, 2.05) is 37.3 Å². The molecule has 0 aliphatic carbocycles. The molecule has 0 radical (unpaired) electrons.